The van der Waals surface area contributed by atoms with Crippen molar-refractivity contribution in [2.75, 3.05) is 30.3 Å². The first kappa shape index (κ1) is 25.2. The number of benzene rings is 2. The van der Waals surface area contributed by atoms with Crippen LogP contribution in [0.3, 0.4) is 0 Å². The number of halogens is 1. The molecule has 2 rings (SSSR count). The van der Waals surface area contributed by atoms with Gasteiger partial charge in [0.05, 0.1) is 24.8 Å². The van der Waals surface area contributed by atoms with Gasteiger partial charge in [-0.25, -0.2) is 13.8 Å². The topological polar surface area (TPSA) is 97.3 Å². The standard InChI is InChI=1S/C22H26ClN3O5S/c1-5-11-31-20-10-8-17(12-21(20)30-6-2)14-24-25-22(27)15-26(32(4,28)29)18-9-7-16(3)19(23)13-18/h5,7-10,12-14H,1,6,11,15H2,2-4H3,(H,25,27)/b24-14-. The molecule has 0 bridgehead atoms. The molecule has 0 aliphatic rings. The summed E-state index contributed by atoms with van der Waals surface area (Å²) in [7, 11) is -3.72. The van der Waals surface area contributed by atoms with E-state index in [0.29, 0.717) is 41.0 Å². The molecular formula is C22H26ClN3O5S. The Hall–Kier alpha value is -3.04. The third-order valence-electron chi connectivity index (χ3n) is 4.16. The van der Waals surface area contributed by atoms with E-state index < -0.39 is 22.5 Å². The summed E-state index contributed by atoms with van der Waals surface area (Å²) in [6.07, 6.45) is 4.07. The maximum absolute atomic E-state index is 12.3. The molecule has 0 saturated heterocycles. The van der Waals surface area contributed by atoms with E-state index in [1.165, 1.54) is 12.3 Å². The van der Waals surface area contributed by atoms with Gasteiger partial charge in [0, 0.05) is 5.02 Å². The van der Waals surface area contributed by atoms with E-state index in [9.17, 15) is 13.2 Å². The van der Waals surface area contributed by atoms with Crippen molar-refractivity contribution in [2.24, 2.45) is 5.10 Å². The molecule has 172 valence electrons. The van der Waals surface area contributed by atoms with Gasteiger partial charge in [-0.05, 0) is 55.3 Å². The fourth-order valence-corrected chi connectivity index (χ4v) is 3.65. The van der Waals surface area contributed by atoms with Crippen molar-refractivity contribution in [1.29, 1.82) is 0 Å². The van der Waals surface area contributed by atoms with Crippen molar-refractivity contribution in [3.05, 3.63) is 65.2 Å². The van der Waals surface area contributed by atoms with Crippen LogP contribution in [0.15, 0.2) is 54.2 Å². The molecule has 0 aromatic heterocycles. The van der Waals surface area contributed by atoms with Crippen LogP contribution in [-0.4, -0.2) is 46.6 Å². The van der Waals surface area contributed by atoms with Crippen LogP contribution in [-0.2, 0) is 14.8 Å². The van der Waals surface area contributed by atoms with Crippen LogP contribution in [0.5, 0.6) is 11.5 Å². The fourth-order valence-electron chi connectivity index (χ4n) is 2.62. The molecule has 1 N–H and O–H groups in total. The zero-order valence-electron chi connectivity index (χ0n) is 18.2. The number of ether oxygens (including phenoxy) is 2. The normalized spacial score (nSPS) is 11.2. The number of amides is 1. The largest absolute Gasteiger partial charge is 0.490 e. The molecule has 1 amide bonds. The van der Waals surface area contributed by atoms with Crippen molar-refractivity contribution < 1.29 is 22.7 Å². The van der Waals surface area contributed by atoms with Crippen molar-refractivity contribution in [1.82, 2.24) is 5.43 Å². The van der Waals surface area contributed by atoms with Crippen LogP contribution < -0.4 is 19.2 Å². The molecule has 0 saturated carbocycles. The van der Waals surface area contributed by atoms with Gasteiger partial charge in [0.25, 0.3) is 5.91 Å². The van der Waals surface area contributed by atoms with Crippen LogP contribution in [0.25, 0.3) is 0 Å². The first-order chi connectivity index (χ1) is 15.2. The van der Waals surface area contributed by atoms with Crippen molar-refractivity contribution in [2.45, 2.75) is 13.8 Å². The fraction of sp³-hybridized carbons (Fsp3) is 0.273. The molecule has 0 fully saturated rings. The monoisotopic (exact) mass is 479 g/mol. The van der Waals surface area contributed by atoms with Gasteiger partial charge < -0.3 is 9.47 Å². The molecule has 0 aliphatic heterocycles. The number of anilines is 1. The number of nitrogens with zero attached hydrogens (tertiary/aromatic N) is 2. The third-order valence-corrected chi connectivity index (χ3v) is 5.71. The lowest BCUT2D eigenvalue weighted by Gasteiger charge is -2.21. The van der Waals surface area contributed by atoms with Crippen LogP contribution in [0.1, 0.15) is 18.1 Å². The predicted molar refractivity (Wildman–Crippen MR) is 127 cm³/mol. The number of hydrazone groups is 1. The van der Waals surface area contributed by atoms with E-state index in [2.05, 4.69) is 17.1 Å². The molecule has 0 atom stereocenters. The zero-order valence-corrected chi connectivity index (χ0v) is 19.7. The molecule has 0 radical (unpaired) electrons. The molecule has 32 heavy (non-hydrogen) atoms. The van der Waals surface area contributed by atoms with Gasteiger partial charge in [0.2, 0.25) is 10.0 Å². The Bertz CT molecular complexity index is 1100. The van der Waals surface area contributed by atoms with Crippen LogP contribution in [0, 0.1) is 6.92 Å². The number of hydrogen-bond acceptors (Lipinski definition) is 6. The molecule has 8 nitrogen and oxygen atoms in total. The first-order valence-corrected chi connectivity index (χ1v) is 11.9. The molecular weight excluding hydrogens is 454 g/mol. The number of aryl methyl sites for hydroxylation is 1. The first-order valence-electron chi connectivity index (χ1n) is 9.72. The average molecular weight is 480 g/mol. The van der Waals surface area contributed by atoms with Crippen LogP contribution in [0.4, 0.5) is 5.69 Å². The second-order valence-electron chi connectivity index (χ2n) is 6.74. The SMILES string of the molecule is C=CCOc1ccc(/C=N\NC(=O)CN(c2ccc(C)c(Cl)c2)S(C)(=O)=O)cc1OCC. The number of hydrogen-bond donors (Lipinski definition) is 1. The Kier molecular flexibility index (Phi) is 9.10. The Morgan fingerprint density at radius 2 is 1.97 bits per heavy atom. The predicted octanol–water partition coefficient (Wildman–Crippen LogP) is 3.53. The summed E-state index contributed by atoms with van der Waals surface area (Å²) in [6.45, 7) is 7.61. The van der Waals surface area contributed by atoms with Crippen molar-refractivity contribution in [3.8, 4) is 11.5 Å². The third kappa shape index (κ3) is 7.28. The maximum atomic E-state index is 12.3. The molecule has 2 aromatic rings. The number of nitrogens with one attached hydrogen (secondary N) is 1. The molecule has 0 spiro atoms. The van der Waals surface area contributed by atoms with Gasteiger partial charge >= 0.3 is 0 Å². The van der Waals surface area contributed by atoms with Gasteiger partial charge in [0.1, 0.15) is 13.2 Å². The molecule has 0 unspecified atom stereocenters. The zero-order chi connectivity index (χ0) is 23.7. The lowest BCUT2D eigenvalue weighted by atomic mass is 10.2. The number of carbonyl (C=O) groups excluding carboxylic acids is 1. The molecule has 0 aliphatic carbocycles. The highest BCUT2D eigenvalue weighted by Gasteiger charge is 2.21. The van der Waals surface area contributed by atoms with Crippen LogP contribution in [0.2, 0.25) is 5.02 Å². The highest BCUT2D eigenvalue weighted by Crippen LogP contribution is 2.28. The van der Waals surface area contributed by atoms with E-state index >= 15 is 0 Å². The van der Waals surface area contributed by atoms with Gasteiger partial charge in [-0.1, -0.05) is 30.3 Å². The Morgan fingerprint density at radius 1 is 1.22 bits per heavy atom. The summed E-state index contributed by atoms with van der Waals surface area (Å²) >= 11 is 6.10. The summed E-state index contributed by atoms with van der Waals surface area (Å²) in [5.74, 6) is 0.483. The van der Waals surface area contributed by atoms with Crippen LogP contribution >= 0.6 is 11.6 Å². The quantitative estimate of drug-likeness (QED) is 0.302. The summed E-state index contributed by atoms with van der Waals surface area (Å²) in [5.41, 5.74) is 4.08. The van der Waals surface area contributed by atoms with Gasteiger partial charge in [-0.2, -0.15) is 5.10 Å². The van der Waals surface area contributed by atoms with E-state index in [1.54, 1.807) is 43.3 Å². The summed E-state index contributed by atoms with van der Waals surface area (Å²) < 4.78 is 36.5. The van der Waals surface area contributed by atoms with E-state index in [1.807, 2.05) is 6.92 Å². The molecule has 0 heterocycles. The van der Waals surface area contributed by atoms with Gasteiger partial charge in [-0.15, -0.1) is 0 Å². The second-order valence-corrected chi connectivity index (χ2v) is 9.05. The Labute approximate surface area is 193 Å². The Balaban J connectivity index is 2.10. The summed E-state index contributed by atoms with van der Waals surface area (Å²) in [4.78, 5) is 12.3. The number of sulfonamides is 1. The molecule has 10 heteroatoms. The van der Waals surface area contributed by atoms with E-state index in [0.717, 1.165) is 16.1 Å². The lowest BCUT2D eigenvalue weighted by Crippen LogP contribution is -2.39. The van der Waals surface area contributed by atoms with Gasteiger partial charge in [0.15, 0.2) is 11.5 Å². The Morgan fingerprint density at radius 3 is 2.59 bits per heavy atom. The minimum atomic E-state index is -3.72. The summed E-state index contributed by atoms with van der Waals surface area (Å²) in [6, 6.07) is 9.96. The highest BCUT2D eigenvalue weighted by atomic mass is 35.5. The highest BCUT2D eigenvalue weighted by molar-refractivity contribution is 7.92. The average Bonchev–Trinajstić information content (AvgIpc) is 2.73. The van der Waals surface area contributed by atoms with Crippen molar-refractivity contribution >= 4 is 39.4 Å². The second kappa shape index (κ2) is 11.5. The molecule has 2 aromatic carbocycles. The van der Waals surface area contributed by atoms with Crippen molar-refractivity contribution in [3.63, 3.8) is 0 Å². The minimum absolute atomic E-state index is 0.290. The minimum Gasteiger partial charge on any atom is -0.490 e. The number of carbonyl (C=O) groups is 1. The van der Waals surface area contributed by atoms with E-state index in [-0.39, 0.29) is 0 Å². The van der Waals surface area contributed by atoms with E-state index in [4.69, 9.17) is 21.1 Å². The lowest BCUT2D eigenvalue weighted by molar-refractivity contribution is -0.119. The van der Waals surface area contributed by atoms with Gasteiger partial charge in [-0.3, -0.25) is 9.10 Å². The smallest absolute Gasteiger partial charge is 0.260 e. The maximum Gasteiger partial charge on any atom is 0.260 e. The summed E-state index contributed by atoms with van der Waals surface area (Å²) in [5, 5.41) is 4.31. The number of rotatable bonds is 11.